The van der Waals surface area contributed by atoms with Crippen LogP contribution in [0.3, 0.4) is 0 Å². The molecule has 0 fully saturated rings. The number of rotatable bonds is 4. The molecule has 0 bridgehead atoms. The van der Waals surface area contributed by atoms with Crippen LogP contribution in [-0.4, -0.2) is 33.0 Å². The van der Waals surface area contributed by atoms with Crippen molar-refractivity contribution in [2.45, 2.75) is 33.2 Å². The molecule has 1 atom stereocenters. The molecule has 0 saturated carbocycles. The number of nitrogens with zero attached hydrogens (tertiary/aromatic N) is 2. The van der Waals surface area contributed by atoms with Gasteiger partial charge in [-0.25, -0.2) is 4.98 Å². The highest BCUT2D eigenvalue weighted by atomic mass is 16.3. The maximum atomic E-state index is 12.3. The molecule has 0 radical (unpaired) electrons. The van der Waals surface area contributed by atoms with E-state index < -0.39 is 0 Å². The van der Waals surface area contributed by atoms with Crippen LogP contribution in [0, 0.1) is 13.8 Å². The van der Waals surface area contributed by atoms with Crippen LogP contribution in [0.2, 0.25) is 0 Å². The van der Waals surface area contributed by atoms with Gasteiger partial charge in [-0.2, -0.15) is 0 Å². The number of aromatic nitrogens is 2. The van der Waals surface area contributed by atoms with Crippen molar-refractivity contribution < 1.29 is 9.90 Å². The normalized spacial score (nSPS) is 12.6. The summed E-state index contributed by atoms with van der Waals surface area (Å²) in [5, 5.41) is 12.0. The molecule has 2 rings (SSSR count). The van der Waals surface area contributed by atoms with E-state index in [9.17, 15) is 4.79 Å². The predicted octanol–water partition coefficient (Wildman–Crippen LogP) is 1.45. The fourth-order valence-corrected chi connectivity index (χ4v) is 2.07. The number of hydrogen-bond donors (Lipinski definition) is 2. The Morgan fingerprint density at radius 2 is 2.26 bits per heavy atom. The Balaban J connectivity index is 2.39. The van der Waals surface area contributed by atoms with Gasteiger partial charge in [-0.3, -0.25) is 9.20 Å². The smallest absolute Gasteiger partial charge is 0.270 e. The average Bonchev–Trinajstić information content (AvgIpc) is 2.70. The van der Waals surface area contributed by atoms with Gasteiger partial charge in [0.05, 0.1) is 18.3 Å². The van der Waals surface area contributed by atoms with Crippen molar-refractivity contribution in [2.24, 2.45) is 0 Å². The molecule has 0 saturated heterocycles. The van der Waals surface area contributed by atoms with Gasteiger partial charge >= 0.3 is 0 Å². The summed E-state index contributed by atoms with van der Waals surface area (Å²) in [7, 11) is 0. The molecule has 19 heavy (non-hydrogen) atoms. The SMILES string of the molecule is CCC(CO)NC(=O)c1c(C)nc2cc(C)ccn12. The van der Waals surface area contributed by atoms with Gasteiger partial charge in [-0.15, -0.1) is 0 Å². The van der Waals surface area contributed by atoms with Crippen LogP contribution in [-0.2, 0) is 0 Å². The van der Waals surface area contributed by atoms with Crippen molar-refractivity contribution in [1.29, 1.82) is 0 Å². The number of nitrogens with one attached hydrogen (secondary N) is 1. The number of imidazole rings is 1. The number of aryl methyl sites for hydroxylation is 2. The Bertz CT molecular complexity index is 600. The quantitative estimate of drug-likeness (QED) is 0.875. The largest absolute Gasteiger partial charge is 0.394 e. The molecule has 5 heteroatoms. The lowest BCUT2D eigenvalue weighted by molar-refractivity contribution is 0.0908. The summed E-state index contributed by atoms with van der Waals surface area (Å²) in [6, 6.07) is 3.66. The Labute approximate surface area is 112 Å². The van der Waals surface area contributed by atoms with Crippen molar-refractivity contribution >= 4 is 11.6 Å². The second kappa shape index (κ2) is 5.40. The minimum absolute atomic E-state index is 0.0584. The maximum absolute atomic E-state index is 12.3. The molecule has 2 N–H and O–H groups in total. The van der Waals surface area contributed by atoms with Gasteiger partial charge in [0, 0.05) is 6.20 Å². The zero-order chi connectivity index (χ0) is 14.0. The monoisotopic (exact) mass is 261 g/mol. The Kier molecular flexibility index (Phi) is 3.85. The molecule has 2 heterocycles. The van der Waals surface area contributed by atoms with E-state index in [2.05, 4.69) is 10.3 Å². The lowest BCUT2D eigenvalue weighted by atomic mass is 10.2. The predicted molar refractivity (Wildman–Crippen MR) is 73.3 cm³/mol. The van der Waals surface area contributed by atoms with Crippen LogP contribution in [0.5, 0.6) is 0 Å². The number of aliphatic hydroxyl groups excluding tert-OH is 1. The summed E-state index contributed by atoms with van der Waals surface area (Å²) in [5.74, 6) is -0.199. The summed E-state index contributed by atoms with van der Waals surface area (Å²) in [6.45, 7) is 5.67. The van der Waals surface area contributed by atoms with Gasteiger partial charge in [0.2, 0.25) is 0 Å². The third-order valence-corrected chi connectivity index (χ3v) is 3.22. The molecule has 2 aromatic heterocycles. The summed E-state index contributed by atoms with van der Waals surface area (Å²) in [6.07, 6.45) is 2.54. The first-order valence-electron chi connectivity index (χ1n) is 6.43. The zero-order valence-electron chi connectivity index (χ0n) is 11.5. The van der Waals surface area contributed by atoms with E-state index in [-0.39, 0.29) is 18.6 Å². The lowest BCUT2D eigenvalue weighted by Crippen LogP contribution is -2.37. The first-order chi connectivity index (χ1) is 9.06. The first kappa shape index (κ1) is 13.5. The molecular weight excluding hydrogens is 242 g/mol. The standard InChI is InChI=1S/C14H19N3O2/c1-4-11(8-18)16-14(19)13-10(3)15-12-7-9(2)5-6-17(12)13/h5-7,11,18H,4,8H2,1-3H3,(H,16,19). The maximum Gasteiger partial charge on any atom is 0.270 e. The number of aliphatic hydroxyl groups is 1. The van der Waals surface area contributed by atoms with E-state index in [4.69, 9.17) is 5.11 Å². The van der Waals surface area contributed by atoms with Crippen LogP contribution in [0.15, 0.2) is 18.3 Å². The molecule has 0 aromatic carbocycles. The molecule has 5 nitrogen and oxygen atoms in total. The molecule has 0 aliphatic rings. The van der Waals surface area contributed by atoms with E-state index in [0.29, 0.717) is 17.8 Å². The van der Waals surface area contributed by atoms with Gasteiger partial charge in [0.15, 0.2) is 0 Å². The van der Waals surface area contributed by atoms with Crippen LogP contribution >= 0.6 is 0 Å². The average molecular weight is 261 g/mol. The highest BCUT2D eigenvalue weighted by Gasteiger charge is 2.18. The van der Waals surface area contributed by atoms with Gasteiger partial charge in [0.25, 0.3) is 5.91 Å². The molecule has 102 valence electrons. The molecular formula is C14H19N3O2. The molecule has 0 aliphatic carbocycles. The van der Waals surface area contributed by atoms with Crippen molar-refractivity contribution in [1.82, 2.24) is 14.7 Å². The van der Waals surface area contributed by atoms with Crippen LogP contribution in [0.1, 0.15) is 35.1 Å². The van der Waals surface area contributed by atoms with Crippen LogP contribution in [0.4, 0.5) is 0 Å². The van der Waals surface area contributed by atoms with Crippen molar-refractivity contribution in [3.63, 3.8) is 0 Å². The number of carbonyl (C=O) groups excluding carboxylic acids is 1. The van der Waals surface area contributed by atoms with E-state index >= 15 is 0 Å². The number of hydrogen-bond acceptors (Lipinski definition) is 3. The third-order valence-electron chi connectivity index (χ3n) is 3.22. The van der Waals surface area contributed by atoms with Crippen molar-refractivity contribution in [2.75, 3.05) is 6.61 Å². The van der Waals surface area contributed by atoms with E-state index in [1.807, 2.05) is 39.1 Å². The van der Waals surface area contributed by atoms with Gasteiger partial charge in [-0.1, -0.05) is 6.92 Å². The second-order valence-corrected chi connectivity index (χ2v) is 4.74. The minimum atomic E-state index is -0.220. The number of amides is 1. The third kappa shape index (κ3) is 2.61. The van der Waals surface area contributed by atoms with E-state index in [1.165, 1.54) is 0 Å². The molecule has 0 aliphatic heterocycles. The Morgan fingerprint density at radius 3 is 2.89 bits per heavy atom. The van der Waals surface area contributed by atoms with E-state index in [0.717, 1.165) is 11.2 Å². The van der Waals surface area contributed by atoms with Gasteiger partial charge in [-0.05, 0) is 38.0 Å². The summed E-state index contributed by atoms with van der Waals surface area (Å²) in [5.41, 5.74) is 3.09. The second-order valence-electron chi connectivity index (χ2n) is 4.74. The first-order valence-corrected chi connectivity index (χ1v) is 6.43. The lowest BCUT2D eigenvalue weighted by Gasteiger charge is -2.14. The highest BCUT2D eigenvalue weighted by Crippen LogP contribution is 2.13. The number of fused-ring (bicyclic) bond motifs is 1. The number of pyridine rings is 1. The Hall–Kier alpha value is -1.88. The van der Waals surface area contributed by atoms with Gasteiger partial charge in [0.1, 0.15) is 11.3 Å². The Morgan fingerprint density at radius 1 is 1.53 bits per heavy atom. The summed E-state index contributed by atoms with van der Waals surface area (Å²) in [4.78, 5) is 16.7. The molecule has 2 aromatic rings. The van der Waals surface area contributed by atoms with Crippen LogP contribution in [0.25, 0.3) is 5.65 Å². The van der Waals surface area contributed by atoms with Gasteiger partial charge < -0.3 is 10.4 Å². The van der Waals surface area contributed by atoms with Crippen LogP contribution < -0.4 is 5.32 Å². The van der Waals surface area contributed by atoms with Crippen molar-refractivity contribution in [3.05, 3.63) is 35.3 Å². The number of carbonyl (C=O) groups is 1. The van der Waals surface area contributed by atoms with Crippen molar-refractivity contribution in [3.8, 4) is 0 Å². The summed E-state index contributed by atoms with van der Waals surface area (Å²) < 4.78 is 1.78. The fraction of sp³-hybridized carbons (Fsp3) is 0.429. The molecule has 1 amide bonds. The highest BCUT2D eigenvalue weighted by molar-refractivity contribution is 5.94. The zero-order valence-corrected chi connectivity index (χ0v) is 11.5. The molecule has 0 spiro atoms. The molecule has 1 unspecified atom stereocenters. The summed E-state index contributed by atoms with van der Waals surface area (Å²) >= 11 is 0. The topological polar surface area (TPSA) is 66.6 Å². The fourth-order valence-electron chi connectivity index (χ4n) is 2.07. The minimum Gasteiger partial charge on any atom is -0.394 e. The van der Waals surface area contributed by atoms with E-state index in [1.54, 1.807) is 4.40 Å².